The fourth-order valence-corrected chi connectivity index (χ4v) is 1.94. The second kappa shape index (κ2) is 6.64. The van der Waals surface area contributed by atoms with E-state index in [0.717, 1.165) is 0 Å². The van der Waals surface area contributed by atoms with E-state index in [-0.39, 0.29) is 12.6 Å². The third-order valence-corrected chi connectivity index (χ3v) is 2.40. The van der Waals surface area contributed by atoms with Crippen molar-refractivity contribution in [1.82, 2.24) is 4.81 Å². The summed E-state index contributed by atoms with van der Waals surface area (Å²) in [5.41, 5.74) is -1.20. The predicted octanol–water partition coefficient (Wildman–Crippen LogP) is 3.11. The molecule has 0 N–H and O–H groups in total. The van der Waals surface area contributed by atoms with E-state index in [4.69, 9.17) is 4.74 Å². The first-order chi connectivity index (χ1) is 7.62. The molecule has 0 saturated heterocycles. The van der Waals surface area contributed by atoms with E-state index in [1.807, 2.05) is 18.6 Å². The molecule has 101 valence electrons. The van der Waals surface area contributed by atoms with Gasteiger partial charge in [0.15, 0.2) is 0 Å². The van der Waals surface area contributed by atoms with Crippen molar-refractivity contribution in [3.05, 3.63) is 0 Å². The largest absolute Gasteiger partial charge is 0.391 e. The number of hydrogen-bond acceptors (Lipinski definition) is 2. The molecule has 1 atom stereocenters. The highest BCUT2D eigenvalue weighted by molar-refractivity contribution is 6.29. The van der Waals surface area contributed by atoms with Gasteiger partial charge in [-0.2, -0.15) is 13.2 Å². The third-order valence-electron chi connectivity index (χ3n) is 2.40. The number of alkyl halides is 3. The van der Waals surface area contributed by atoms with Gasteiger partial charge in [-0.3, -0.25) is 0 Å². The highest BCUT2D eigenvalue weighted by Crippen LogP contribution is 2.31. The molecule has 0 fully saturated rings. The van der Waals surface area contributed by atoms with Crippen molar-refractivity contribution >= 4 is 7.41 Å². The van der Waals surface area contributed by atoms with E-state index >= 15 is 0 Å². The molecule has 0 aliphatic rings. The third kappa shape index (κ3) is 7.65. The van der Waals surface area contributed by atoms with Crippen LogP contribution in [0.3, 0.4) is 0 Å². The zero-order valence-electron chi connectivity index (χ0n) is 11.3. The lowest BCUT2D eigenvalue weighted by molar-refractivity contribution is -0.194. The van der Waals surface area contributed by atoms with Gasteiger partial charge in [0.05, 0.1) is 18.1 Å². The molecule has 0 rings (SSSR count). The van der Waals surface area contributed by atoms with Crippen LogP contribution in [0.25, 0.3) is 0 Å². The average Bonchev–Trinajstić information content (AvgIpc) is 2.09. The van der Waals surface area contributed by atoms with Gasteiger partial charge in [-0.25, -0.2) is 0 Å². The number of likely N-dealkylation sites (N-methyl/N-ethyl adjacent to an activating group) is 1. The van der Waals surface area contributed by atoms with Crippen LogP contribution in [0.5, 0.6) is 0 Å². The number of nitrogens with zero attached hydrogens (tertiary/aromatic N) is 1. The monoisotopic (exact) mass is 252 g/mol. The number of rotatable bonds is 7. The fourth-order valence-electron chi connectivity index (χ4n) is 1.94. The van der Waals surface area contributed by atoms with E-state index in [9.17, 15) is 13.2 Å². The first-order valence-electron chi connectivity index (χ1n) is 5.90. The smallest absolute Gasteiger partial charge is 0.371 e. The molecule has 0 heterocycles. The number of halogens is 3. The van der Waals surface area contributed by atoms with E-state index in [0.29, 0.717) is 6.54 Å². The van der Waals surface area contributed by atoms with Crippen LogP contribution in [-0.4, -0.2) is 43.2 Å². The topological polar surface area (TPSA) is 12.5 Å². The Morgan fingerprint density at radius 2 is 1.82 bits per heavy atom. The second-order valence-electron chi connectivity index (χ2n) is 4.73. The highest BCUT2D eigenvalue weighted by atomic mass is 19.4. The zero-order chi connectivity index (χ0) is 13.7. The van der Waals surface area contributed by atoms with Gasteiger partial charge in [0.1, 0.15) is 0 Å². The second-order valence-corrected chi connectivity index (χ2v) is 4.73. The normalized spacial score (nSPS) is 16.4. The molecule has 0 spiro atoms. The number of hydrogen-bond donors (Lipinski definition) is 0. The Labute approximate surface area is 103 Å². The molecule has 0 bridgehead atoms. The molecule has 6 heteroatoms. The summed E-state index contributed by atoms with van der Waals surface area (Å²) in [4.78, 5) is 1.83. The molecule has 0 saturated carbocycles. The lowest BCUT2D eigenvalue weighted by Gasteiger charge is -2.37. The van der Waals surface area contributed by atoms with Gasteiger partial charge in [0.2, 0.25) is 7.41 Å². The summed E-state index contributed by atoms with van der Waals surface area (Å²) in [6.07, 6.45) is -5.36. The predicted molar refractivity (Wildman–Crippen MR) is 64.2 cm³/mol. The van der Waals surface area contributed by atoms with Gasteiger partial charge < -0.3 is 9.55 Å². The maximum atomic E-state index is 12.6. The van der Waals surface area contributed by atoms with Crippen LogP contribution >= 0.6 is 0 Å². The molecule has 1 radical (unpaired) electrons. The van der Waals surface area contributed by atoms with Crippen LogP contribution in [-0.2, 0) is 4.74 Å². The van der Waals surface area contributed by atoms with E-state index in [2.05, 4.69) is 0 Å². The van der Waals surface area contributed by atoms with Crippen LogP contribution in [0.2, 0.25) is 6.82 Å². The Hall–Kier alpha value is -0.225. The van der Waals surface area contributed by atoms with Gasteiger partial charge in [-0.05, 0) is 27.3 Å². The maximum Gasteiger partial charge on any atom is 0.391 e. The minimum atomic E-state index is -4.21. The van der Waals surface area contributed by atoms with Gasteiger partial charge in [0, 0.05) is 6.54 Å². The van der Waals surface area contributed by atoms with Gasteiger partial charge in [-0.1, -0.05) is 13.7 Å². The van der Waals surface area contributed by atoms with Gasteiger partial charge >= 0.3 is 6.18 Å². The lowest BCUT2D eigenvalue weighted by Crippen LogP contribution is -2.47. The molecule has 0 aromatic heterocycles. The molecular formula is C11H22BF3NO. The SMILES string of the molecule is C[B]N(CC)CC(C)(CC(F)(F)F)OC(C)C. The minimum absolute atomic E-state index is 0.224. The van der Waals surface area contributed by atoms with Gasteiger partial charge in [-0.15, -0.1) is 0 Å². The van der Waals surface area contributed by atoms with Crippen molar-refractivity contribution in [1.29, 1.82) is 0 Å². The molecule has 0 aromatic rings. The van der Waals surface area contributed by atoms with Crippen LogP contribution in [0.1, 0.15) is 34.1 Å². The Bertz CT molecular complexity index is 219. The molecule has 0 aliphatic heterocycles. The molecule has 0 amide bonds. The average molecular weight is 252 g/mol. The quantitative estimate of drug-likeness (QED) is 0.645. The molecule has 0 aliphatic carbocycles. The summed E-state index contributed by atoms with van der Waals surface area (Å²) >= 11 is 0. The molecular weight excluding hydrogens is 230 g/mol. The Kier molecular flexibility index (Phi) is 6.55. The van der Waals surface area contributed by atoms with E-state index in [1.165, 1.54) is 6.92 Å². The van der Waals surface area contributed by atoms with E-state index < -0.39 is 18.2 Å². The van der Waals surface area contributed by atoms with Crippen molar-refractivity contribution in [3.63, 3.8) is 0 Å². The highest BCUT2D eigenvalue weighted by Gasteiger charge is 2.41. The summed E-state index contributed by atoms with van der Waals surface area (Å²) in [5, 5.41) is 0. The molecule has 0 aromatic carbocycles. The summed E-state index contributed by atoms with van der Waals surface area (Å²) in [7, 11) is 1.79. The Morgan fingerprint density at radius 3 is 2.12 bits per heavy atom. The lowest BCUT2D eigenvalue weighted by atomic mass is 9.91. The van der Waals surface area contributed by atoms with Gasteiger partial charge in [0.25, 0.3) is 0 Å². The summed E-state index contributed by atoms with van der Waals surface area (Å²) in [5.74, 6) is 0. The summed E-state index contributed by atoms with van der Waals surface area (Å²) < 4.78 is 43.1. The minimum Gasteiger partial charge on any atom is -0.371 e. The maximum absolute atomic E-state index is 12.6. The van der Waals surface area contributed by atoms with Crippen molar-refractivity contribution < 1.29 is 17.9 Å². The molecule has 1 unspecified atom stereocenters. The first kappa shape index (κ1) is 16.8. The summed E-state index contributed by atoms with van der Waals surface area (Å²) in [6.45, 7) is 9.66. The number of ether oxygens (including phenoxy) is 1. The molecule has 17 heavy (non-hydrogen) atoms. The standard InChI is InChI=1S/C11H22BF3NO/c1-6-16(12-5)8-10(4,17-9(2)3)7-11(13,14)15/h9H,6-8H2,1-5H3. The first-order valence-corrected chi connectivity index (χ1v) is 5.90. The van der Waals surface area contributed by atoms with Crippen molar-refractivity contribution in [3.8, 4) is 0 Å². The van der Waals surface area contributed by atoms with Crippen LogP contribution < -0.4 is 0 Å². The van der Waals surface area contributed by atoms with Crippen LogP contribution in [0, 0.1) is 0 Å². The van der Waals surface area contributed by atoms with Crippen molar-refractivity contribution in [2.24, 2.45) is 0 Å². The zero-order valence-corrected chi connectivity index (χ0v) is 11.3. The molecule has 2 nitrogen and oxygen atoms in total. The van der Waals surface area contributed by atoms with Crippen molar-refractivity contribution in [2.45, 2.75) is 58.8 Å². The Morgan fingerprint density at radius 1 is 1.29 bits per heavy atom. The summed E-state index contributed by atoms with van der Waals surface area (Å²) in [6, 6.07) is 0. The Balaban J connectivity index is 4.71. The van der Waals surface area contributed by atoms with Crippen molar-refractivity contribution in [2.75, 3.05) is 13.1 Å². The fraction of sp³-hybridized carbons (Fsp3) is 1.00. The van der Waals surface area contributed by atoms with Crippen LogP contribution in [0.15, 0.2) is 0 Å². The van der Waals surface area contributed by atoms with E-state index in [1.54, 1.807) is 21.3 Å². The van der Waals surface area contributed by atoms with Crippen LogP contribution in [0.4, 0.5) is 13.2 Å².